The van der Waals surface area contributed by atoms with Crippen LogP contribution in [0.5, 0.6) is 0 Å². The quantitative estimate of drug-likeness (QED) is 0.325. The van der Waals surface area contributed by atoms with Gasteiger partial charge in [-0.05, 0) is 12.0 Å². The van der Waals surface area contributed by atoms with Gasteiger partial charge in [0.2, 0.25) is 0 Å². The van der Waals surface area contributed by atoms with E-state index >= 15 is 0 Å². The third-order valence-corrected chi connectivity index (χ3v) is 4.24. The lowest BCUT2D eigenvalue weighted by Gasteiger charge is -2.04. The normalized spacial score (nSPS) is 12.1. The van der Waals surface area contributed by atoms with Crippen molar-refractivity contribution in [3.05, 3.63) is 48.6 Å². The maximum Gasteiger partial charge on any atom is 0.188 e. The molecule has 1 aromatic carbocycles. The number of nitrogens with two attached hydrogens (primary N) is 1. The molecule has 0 aromatic heterocycles. The van der Waals surface area contributed by atoms with Crippen molar-refractivity contribution in [2.24, 2.45) is 10.7 Å². The van der Waals surface area contributed by atoms with E-state index in [0.29, 0.717) is 25.5 Å². The summed E-state index contributed by atoms with van der Waals surface area (Å²) in [5, 5.41) is 2.83. The number of hydrogen-bond donors (Lipinski definition) is 2. The maximum atomic E-state index is 11.9. The van der Waals surface area contributed by atoms with Gasteiger partial charge in [0.15, 0.2) is 15.8 Å². The highest BCUT2D eigenvalue weighted by atomic mass is 32.2. The summed E-state index contributed by atoms with van der Waals surface area (Å²) < 4.78 is 23.8. The minimum Gasteiger partial charge on any atom is -0.370 e. The van der Waals surface area contributed by atoms with Crippen LogP contribution in [0.2, 0.25) is 0 Å². The van der Waals surface area contributed by atoms with Gasteiger partial charge >= 0.3 is 0 Å². The monoisotopic (exact) mass is 295 g/mol. The second-order valence-corrected chi connectivity index (χ2v) is 6.55. The van der Waals surface area contributed by atoms with Gasteiger partial charge in [-0.25, -0.2) is 8.42 Å². The zero-order chi connectivity index (χ0) is 14.8. The van der Waals surface area contributed by atoms with E-state index in [1.54, 1.807) is 6.08 Å². The molecule has 0 atom stereocenters. The van der Waals surface area contributed by atoms with Crippen LogP contribution in [0.25, 0.3) is 0 Å². The Morgan fingerprint density at radius 1 is 1.35 bits per heavy atom. The smallest absolute Gasteiger partial charge is 0.188 e. The topological polar surface area (TPSA) is 84.5 Å². The molecule has 0 aliphatic heterocycles. The van der Waals surface area contributed by atoms with E-state index in [9.17, 15) is 8.42 Å². The summed E-state index contributed by atoms with van der Waals surface area (Å²) in [7, 11) is -3.10. The lowest BCUT2D eigenvalue weighted by molar-refractivity contribution is 0.593. The fourth-order valence-electron chi connectivity index (χ4n) is 1.62. The van der Waals surface area contributed by atoms with Crippen molar-refractivity contribution in [3.8, 4) is 0 Å². The Kier molecular flexibility index (Phi) is 6.79. The Morgan fingerprint density at radius 2 is 2.05 bits per heavy atom. The minimum absolute atomic E-state index is 0.0712. The third kappa shape index (κ3) is 6.94. The molecule has 0 aliphatic carbocycles. The van der Waals surface area contributed by atoms with Crippen LogP contribution in [0.1, 0.15) is 12.0 Å². The molecule has 20 heavy (non-hydrogen) atoms. The van der Waals surface area contributed by atoms with Gasteiger partial charge in [0.25, 0.3) is 0 Å². The van der Waals surface area contributed by atoms with Crippen LogP contribution < -0.4 is 11.1 Å². The fraction of sp³-hybridized carbons (Fsp3) is 0.357. The highest BCUT2D eigenvalue weighted by molar-refractivity contribution is 7.90. The summed E-state index contributed by atoms with van der Waals surface area (Å²) in [4.78, 5) is 4.04. The second-order valence-electron chi connectivity index (χ2n) is 4.37. The van der Waals surface area contributed by atoms with Gasteiger partial charge in [-0.1, -0.05) is 36.4 Å². The van der Waals surface area contributed by atoms with Crippen molar-refractivity contribution < 1.29 is 8.42 Å². The predicted molar refractivity (Wildman–Crippen MR) is 83.2 cm³/mol. The lowest BCUT2D eigenvalue weighted by atomic mass is 10.2. The summed E-state index contributed by atoms with van der Waals surface area (Å²) in [5.74, 6) is 0.493. The summed E-state index contributed by atoms with van der Waals surface area (Å²) in [5.41, 5.74) is 6.38. The first-order valence-corrected chi connectivity index (χ1v) is 8.24. The number of rotatable bonds is 8. The highest BCUT2D eigenvalue weighted by Crippen LogP contribution is 2.07. The molecule has 1 rings (SSSR count). The number of nitrogens with one attached hydrogen (secondary N) is 1. The Hall–Kier alpha value is -1.82. The second kappa shape index (κ2) is 8.37. The Balaban J connectivity index is 2.35. The molecule has 0 heterocycles. The van der Waals surface area contributed by atoms with Gasteiger partial charge in [0, 0.05) is 13.1 Å². The average Bonchev–Trinajstić information content (AvgIpc) is 2.42. The number of sulfone groups is 1. The molecule has 0 bridgehead atoms. The molecule has 0 spiro atoms. The summed E-state index contributed by atoms with van der Waals surface area (Å²) in [6.45, 7) is 4.49. The van der Waals surface area contributed by atoms with Gasteiger partial charge < -0.3 is 11.1 Å². The number of hydrogen-bond acceptors (Lipinski definition) is 3. The molecule has 110 valence electrons. The number of nitrogens with zero attached hydrogens (tertiary/aromatic N) is 1. The van der Waals surface area contributed by atoms with Crippen LogP contribution in [0.4, 0.5) is 0 Å². The summed E-state index contributed by atoms with van der Waals surface area (Å²) in [6, 6.07) is 9.16. The molecule has 0 saturated carbocycles. The van der Waals surface area contributed by atoms with Crippen LogP contribution in [0.15, 0.2) is 48.0 Å². The van der Waals surface area contributed by atoms with E-state index in [0.717, 1.165) is 5.56 Å². The predicted octanol–water partition coefficient (Wildman–Crippen LogP) is 1.08. The zero-order valence-corrected chi connectivity index (χ0v) is 12.3. The molecule has 0 aliphatic rings. The molecule has 0 radical (unpaired) electrons. The van der Waals surface area contributed by atoms with Gasteiger partial charge in [-0.2, -0.15) is 0 Å². The first-order valence-electron chi connectivity index (χ1n) is 6.42. The number of aliphatic imine (C=N–C) groups is 1. The van der Waals surface area contributed by atoms with Crippen molar-refractivity contribution in [3.63, 3.8) is 0 Å². The summed E-state index contributed by atoms with van der Waals surface area (Å²) >= 11 is 0. The van der Waals surface area contributed by atoms with E-state index in [1.165, 1.54) is 0 Å². The zero-order valence-electron chi connectivity index (χ0n) is 11.5. The molecular weight excluding hydrogens is 274 g/mol. The fourth-order valence-corrected chi connectivity index (χ4v) is 3.03. The van der Waals surface area contributed by atoms with Crippen LogP contribution >= 0.6 is 0 Å². The van der Waals surface area contributed by atoms with Crippen LogP contribution in [0.3, 0.4) is 0 Å². The highest BCUT2D eigenvalue weighted by Gasteiger charge is 2.11. The van der Waals surface area contributed by atoms with Crippen molar-refractivity contribution in [2.45, 2.75) is 12.2 Å². The molecule has 0 fully saturated rings. The molecule has 3 N–H and O–H groups in total. The van der Waals surface area contributed by atoms with E-state index in [-0.39, 0.29) is 11.5 Å². The standard InChI is InChI=1S/C14H21N3O2S/c1-2-9-16-14(15)17-10-6-11-20(18,19)12-13-7-4-3-5-8-13/h2-5,7-8H,1,6,9-12H2,(H3,15,16,17). The molecule has 0 amide bonds. The minimum atomic E-state index is -3.10. The van der Waals surface area contributed by atoms with E-state index in [1.807, 2.05) is 30.3 Å². The molecule has 0 saturated heterocycles. The van der Waals surface area contributed by atoms with Gasteiger partial charge in [-0.15, -0.1) is 6.58 Å². The van der Waals surface area contributed by atoms with E-state index in [4.69, 9.17) is 5.73 Å². The average molecular weight is 295 g/mol. The SMILES string of the molecule is C=CCNC(N)=NCCCS(=O)(=O)Cc1ccccc1. The van der Waals surface area contributed by atoms with Crippen molar-refractivity contribution in [1.29, 1.82) is 0 Å². The van der Waals surface area contributed by atoms with Crippen LogP contribution in [-0.4, -0.2) is 33.2 Å². The van der Waals surface area contributed by atoms with E-state index < -0.39 is 9.84 Å². The maximum absolute atomic E-state index is 11.9. The van der Waals surface area contributed by atoms with Crippen LogP contribution in [-0.2, 0) is 15.6 Å². The van der Waals surface area contributed by atoms with Crippen molar-refractivity contribution in [2.75, 3.05) is 18.8 Å². The lowest BCUT2D eigenvalue weighted by Crippen LogP contribution is -2.31. The van der Waals surface area contributed by atoms with Gasteiger partial charge in [0.05, 0.1) is 11.5 Å². The van der Waals surface area contributed by atoms with Crippen LogP contribution in [0, 0.1) is 0 Å². The number of benzene rings is 1. The first-order chi connectivity index (χ1) is 9.53. The van der Waals surface area contributed by atoms with Crippen molar-refractivity contribution >= 4 is 15.8 Å². The first kappa shape index (κ1) is 16.2. The van der Waals surface area contributed by atoms with Crippen molar-refractivity contribution in [1.82, 2.24) is 5.32 Å². The summed E-state index contributed by atoms with van der Waals surface area (Å²) in [6.07, 6.45) is 2.14. The molecule has 5 nitrogen and oxygen atoms in total. The van der Waals surface area contributed by atoms with Gasteiger partial charge in [-0.3, -0.25) is 4.99 Å². The molecule has 0 unspecified atom stereocenters. The van der Waals surface area contributed by atoms with E-state index in [2.05, 4.69) is 16.9 Å². The molecule has 1 aromatic rings. The van der Waals surface area contributed by atoms with Gasteiger partial charge in [0.1, 0.15) is 0 Å². The Bertz CT molecular complexity index is 539. The number of guanidine groups is 1. The Labute approximate surface area is 120 Å². The Morgan fingerprint density at radius 3 is 2.70 bits per heavy atom. The molecule has 6 heteroatoms. The molecular formula is C14H21N3O2S. The largest absolute Gasteiger partial charge is 0.370 e. The third-order valence-electron chi connectivity index (χ3n) is 2.55.